The Labute approximate surface area is 107 Å². The molecule has 3 nitrogen and oxygen atoms in total. The van der Waals surface area contributed by atoms with Gasteiger partial charge in [-0.15, -0.1) is 0 Å². The Balaban J connectivity index is 2.37. The highest BCUT2D eigenvalue weighted by molar-refractivity contribution is 6.04. The fourth-order valence-electron chi connectivity index (χ4n) is 2.55. The lowest BCUT2D eigenvalue weighted by atomic mass is 9.88. The Morgan fingerprint density at radius 2 is 2.11 bits per heavy atom. The molecule has 1 aromatic rings. The Morgan fingerprint density at radius 1 is 1.44 bits per heavy atom. The number of carboxylic acid groups (broad SMARTS) is 1. The third-order valence-electron chi connectivity index (χ3n) is 3.70. The molecule has 0 radical (unpaired) electrons. The van der Waals surface area contributed by atoms with Gasteiger partial charge < -0.3 is 5.11 Å². The summed E-state index contributed by atoms with van der Waals surface area (Å²) in [5.74, 6) is -1.05. The first-order valence-electron chi connectivity index (χ1n) is 6.21. The first-order chi connectivity index (χ1) is 8.33. The van der Waals surface area contributed by atoms with Gasteiger partial charge in [-0.25, -0.2) is 0 Å². The van der Waals surface area contributed by atoms with Gasteiger partial charge in [0.2, 0.25) is 0 Å². The largest absolute Gasteiger partial charge is 0.481 e. The molecule has 2 rings (SSSR count). The van der Waals surface area contributed by atoms with Gasteiger partial charge in [0.25, 0.3) is 0 Å². The van der Waals surface area contributed by atoms with Gasteiger partial charge >= 0.3 is 5.97 Å². The predicted octanol–water partition coefficient (Wildman–Crippen LogP) is 2.71. The summed E-state index contributed by atoms with van der Waals surface area (Å²) in [7, 11) is 0. The van der Waals surface area contributed by atoms with Crippen LogP contribution in [0, 0.1) is 11.3 Å². The minimum absolute atomic E-state index is 0.169. The molecule has 0 amide bonds. The van der Waals surface area contributed by atoms with E-state index in [9.17, 15) is 9.59 Å². The quantitative estimate of drug-likeness (QED) is 0.892. The first-order valence-corrected chi connectivity index (χ1v) is 6.21. The maximum atomic E-state index is 12.2. The van der Waals surface area contributed by atoms with E-state index < -0.39 is 11.9 Å². The molecular weight excluding hydrogens is 228 g/mol. The zero-order valence-corrected chi connectivity index (χ0v) is 11.0. The van der Waals surface area contributed by atoms with Gasteiger partial charge in [0.1, 0.15) is 0 Å². The zero-order valence-electron chi connectivity index (χ0n) is 11.0. The van der Waals surface area contributed by atoms with Crippen LogP contribution in [0.5, 0.6) is 0 Å². The number of hydrogen-bond donors (Lipinski definition) is 1. The van der Waals surface area contributed by atoms with E-state index in [1.165, 1.54) is 0 Å². The molecule has 0 spiro atoms. The molecule has 0 saturated carbocycles. The number of benzene rings is 1. The van der Waals surface area contributed by atoms with Crippen LogP contribution < -0.4 is 0 Å². The normalized spacial score (nSPS) is 18.5. The standard InChI is InChI=1S/C15H18O3/c1-9(14(17)18)7-10-5-4-6-11-12(10)8-15(2,3)13(11)16/h4-6,9H,7-8H2,1-3H3,(H,17,18). The number of ketones is 1. The van der Waals surface area contributed by atoms with E-state index in [4.69, 9.17) is 5.11 Å². The summed E-state index contributed by atoms with van der Waals surface area (Å²) in [6, 6.07) is 5.64. The second-order valence-corrected chi connectivity index (χ2v) is 5.78. The highest BCUT2D eigenvalue weighted by Gasteiger charge is 2.38. The van der Waals surface area contributed by atoms with E-state index in [-0.39, 0.29) is 11.2 Å². The van der Waals surface area contributed by atoms with E-state index in [2.05, 4.69) is 0 Å². The Morgan fingerprint density at radius 3 is 2.72 bits per heavy atom. The summed E-state index contributed by atoms with van der Waals surface area (Å²) in [6.07, 6.45) is 1.20. The summed E-state index contributed by atoms with van der Waals surface area (Å²) in [6.45, 7) is 5.59. The average molecular weight is 246 g/mol. The second kappa shape index (κ2) is 4.23. The lowest BCUT2D eigenvalue weighted by Crippen LogP contribution is -2.18. The van der Waals surface area contributed by atoms with Crippen molar-refractivity contribution in [2.24, 2.45) is 11.3 Å². The minimum atomic E-state index is -0.795. The molecule has 18 heavy (non-hydrogen) atoms. The van der Waals surface area contributed by atoms with Crippen LogP contribution in [0.25, 0.3) is 0 Å². The van der Waals surface area contributed by atoms with Gasteiger partial charge in [-0.2, -0.15) is 0 Å². The molecule has 0 saturated heterocycles. The number of carboxylic acids is 1. The molecule has 0 heterocycles. The van der Waals surface area contributed by atoms with E-state index in [1.54, 1.807) is 6.92 Å². The number of rotatable bonds is 3. The molecule has 1 N–H and O–H groups in total. The molecule has 3 heteroatoms. The Kier molecular flexibility index (Phi) is 3.01. The molecule has 1 aromatic carbocycles. The van der Waals surface area contributed by atoms with Crippen LogP contribution >= 0.6 is 0 Å². The van der Waals surface area contributed by atoms with Crippen molar-refractivity contribution in [2.45, 2.75) is 33.6 Å². The minimum Gasteiger partial charge on any atom is -0.481 e. The molecule has 1 aliphatic rings. The SMILES string of the molecule is CC(Cc1cccc2c1CC(C)(C)C2=O)C(=O)O. The summed E-state index contributed by atoms with van der Waals surface area (Å²) >= 11 is 0. The molecule has 0 fully saturated rings. The van der Waals surface area contributed by atoms with Crippen LogP contribution in [0.3, 0.4) is 0 Å². The number of Topliss-reactive ketones (excluding diaryl/α,β-unsaturated/α-hetero) is 1. The maximum Gasteiger partial charge on any atom is 0.306 e. The van der Waals surface area contributed by atoms with Crippen molar-refractivity contribution in [3.8, 4) is 0 Å². The van der Waals surface area contributed by atoms with Gasteiger partial charge in [-0.1, -0.05) is 39.0 Å². The summed E-state index contributed by atoms with van der Waals surface area (Å²) in [4.78, 5) is 23.1. The van der Waals surface area contributed by atoms with Crippen molar-refractivity contribution >= 4 is 11.8 Å². The van der Waals surface area contributed by atoms with Crippen LogP contribution in [0.1, 0.15) is 42.3 Å². The van der Waals surface area contributed by atoms with Gasteiger partial charge in [-0.05, 0) is 24.0 Å². The fourth-order valence-corrected chi connectivity index (χ4v) is 2.55. The van der Waals surface area contributed by atoms with Crippen molar-refractivity contribution in [1.82, 2.24) is 0 Å². The summed E-state index contributed by atoms with van der Waals surface area (Å²) in [5.41, 5.74) is 2.46. The summed E-state index contributed by atoms with van der Waals surface area (Å²) in [5, 5.41) is 8.98. The third kappa shape index (κ3) is 2.05. The molecule has 0 bridgehead atoms. The monoisotopic (exact) mass is 246 g/mol. The van der Waals surface area contributed by atoms with Crippen LogP contribution in [0.2, 0.25) is 0 Å². The van der Waals surface area contributed by atoms with Crippen molar-refractivity contribution in [3.05, 3.63) is 34.9 Å². The van der Waals surface area contributed by atoms with Crippen molar-refractivity contribution in [2.75, 3.05) is 0 Å². The van der Waals surface area contributed by atoms with Crippen LogP contribution in [0.15, 0.2) is 18.2 Å². The predicted molar refractivity (Wildman–Crippen MR) is 68.8 cm³/mol. The third-order valence-corrected chi connectivity index (χ3v) is 3.70. The molecule has 0 aliphatic heterocycles. The number of carbonyl (C=O) groups excluding carboxylic acids is 1. The molecule has 1 aliphatic carbocycles. The lowest BCUT2D eigenvalue weighted by Gasteiger charge is -2.14. The molecule has 1 atom stereocenters. The zero-order chi connectivity index (χ0) is 13.5. The van der Waals surface area contributed by atoms with Crippen LogP contribution in [-0.4, -0.2) is 16.9 Å². The second-order valence-electron chi connectivity index (χ2n) is 5.78. The Bertz CT molecular complexity index is 514. The van der Waals surface area contributed by atoms with Gasteiger partial charge in [-0.3, -0.25) is 9.59 Å². The Hall–Kier alpha value is -1.64. The summed E-state index contributed by atoms with van der Waals surface area (Å²) < 4.78 is 0. The molecular formula is C15H18O3. The number of aliphatic carboxylic acids is 1. The fraction of sp³-hybridized carbons (Fsp3) is 0.467. The first kappa shape index (κ1) is 12.8. The topological polar surface area (TPSA) is 54.4 Å². The van der Waals surface area contributed by atoms with Crippen molar-refractivity contribution in [1.29, 1.82) is 0 Å². The molecule has 0 aromatic heterocycles. The highest BCUT2D eigenvalue weighted by Crippen LogP contribution is 2.38. The van der Waals surface area contributed by atoms with E-state index in [0.29, 0.717) is 12.8 Å². The maximum absolute atomic E-state index is 12.2. The highest BCUT2D eigenvalue weighted by atomic mass is 16.4. The van der Waals surface area contributed by atoms with Crippen LogP contribution in [-0.2, 0) is 17.6 Å². The van der Waals surface area contributed by atoms with Gasteiger partial charge in [0.15, 0.2) is 5.78 Å². The number of fused-ring (bicyclic) bond motifs is 1. The number of hydrogen-bond acceptors (Lipinski definition) is 2. The van der Waals surface area contributed by atoms with Gasteiger partial charge in [0.05, 0.1) is 5.92 Å². The molecule has 1 unspecified atom stereocenters. The van der Waals surface area contributed by atoms with Crippen molar-refractivity contribution in [3.63, 3.8) is 0 Å². The number of carbonyl (C=O) groups is 2. The average Bonchev–Trinajstić information content (AvgIpc) is 2.52. The molecule has 96 valence electrons. The van der Waals surface area contributed by atoms with Crippen LogP contribution in [0.4, 0.5) is 0 Å². The van der Waals surface area contributed by atoms with Crippen molar-refractivity contribution < 1.29 is 14.7 Å². The smallest absolute Gasteiger partial charge is 0.306 e. The van der Waals surface area contributed by atoms with E-state index in [1.807, 2.05) is 32.0 Å². The van der Waals surface area contributed by atoms with E-state index >= 15 is 0 Å². The van der Waals surface area contributed by atoms with Gasteiger partial charge in [0, 0.05) is 11.0 Å². The lowest BCUT2D eigenvalue weighted by molar-refractivity contribution is -0.141. The van der Waals surface area contributed by atoms with E-state index in [0.717, 1.165) is 16.7 Å².